The number of hydrogen-bond acceptors (Lipinski definition) is 2. The van der Waals surface area contributed by atoms with Crippen LogP contribution in [0.15, 0.2) is 65.7 Å². The molecular formula is C20H24N2S. The van der Waals surface area contributed by atoms with Gasteiger partial charge in [-0.1, -0.05) is 73.1 Å². The van der Waals surface area contributed by atoms with E-state index < -0.39 is 0 Å². The van der Waals surface area contributed by atoms with Crippen molar-refractivity contribution >= 4 is 22.6 Å². The SMILES string of the molecule is CSC(=Nc1ccccc1)N(Cc1ccccc1)C1CCCC1. The first-order chi connectivity index (χ1) is 11.4. The maximum atomic E-state index is 4.92. The largest absolute Gasteiger partial charge is 0.344 e. The summed E-state index contributed by atoms with van der Waals surface area (Å²) in [6.07, 6.45) is 7.36. The summed E-state index contributed by atoms with van der Waals surface area (Å²) in [5.74, 6) is 0. The van der Waals surface area contributed by atoms with E-state index in [2.05, 4.69) is 53.6 Å². The molecule has 0 atom stereocenters. The minimum atomic E-state index is 0.616. The quantitative estimate of drug-likeness (QED) is 0.546. The summed E-state index contributed by atoms with van der Waals surface area (Å²) < 4.78 is 0. The molecule has 0 aromatic heterocycles. The molecule has 2 aromatic rings. The Morgan fingerprint density at radius 3 is 2.22 bits per heavy atom. The van der Waals surface area contributed by atoms with E-state index in [1.807, 2.05) is 18.2 Å². The zero-order valence-electron chi connectivity index (χ0n) is 13.7. The molecule has 0 heterocycles. The van der Waals surface area contributed by atoms with Crippen molar-refractivity contribution in [2.45, 2.75) is 38.3 Å². The van der Waals surface area contributed by atoms with E-state index in [-0.39, 0.29) is 0 Å². The molecule has 0 amide bonds. The van der Waals surface area contributed by atoms with E-state index in [0.717, 1.165) is 17.4 Å². The summed E-state index contributed by atoms with van der Waals surface area (Å²) in [5.41, 5.74) is 2.39. The van der Waals surface area contributed by atoms with Crippen molar-refractivity contribution in [3.05, 3.63) is 66.2 Å². The number of benzene rings is 2. The second-order valence-corrected chi connectivity index (χ2v) is 6.76. The zero-order valence-corrected chi connectivity index (χ0v) is 14.5. The maximum absolute atomic E-state index is 4.92. The standard InChI is InChI=1S/C20H24N2S/c1-23-20(21-18-12-6-3-7-13-18)22(19-14-8-9-15-19)16-17-10-4-2-5-11-17/h2-7,10-13,19H,8-9,14-16H2,1H3. The second-order valence-electron chi connectivity index (χ2n) is 5.99. The van der Waals surface area contributed by atoms with E-state index in [4.69, 9.17) is 4.99 Å². The molecule has 0 N–H and O–H groups in total. The molecule has 120 valence electrons. The third kappa shape index (κ3) is 4.38. The second kappa shape index (κ2) is 8.21. The van der Waals surface area contributed by atoms with Gasteiger partial charge in [-0.05, 0) is 36.8 Å². The minimum absolute atomic E-state index is 0.616. The first-order valence-electron chi connectivity index (χ1n) is 8.35. The molecule has 1 aliphatic rings. The molecule has 0 bridgehead atoms. The van der Waals surface area contributed by atoms with Gasteiger partial charge >= 0.3 is 0 Å². The van der Waals surface area contributed by atoms with Gasteiger partial charge in [0, 0.05) is 12.6 Å². The molecule has 0 aliphatic heterocycles. The fraction of sp³-hybridized carbons (Fsp3) is 0.350. The van der Waals surface area contributed by atoms with Crippen LogP contribution in [0, 0.1) is 0 Å². The van der Waals surface area contributed by atoms with E-state index >= 15 is 0 Å². The van der Waals surface area contributed by atoms with Crippen LogP contribution >= 0.6 is 11.8 Å². The Morgan fingerprint density at radius 1 is 1.00 bits per heavy atom. The van der Waals surface area contributed by atoms with E-state index in [0.29, 0.717) is 6.04 Å². The van der Waals surface area contributed by atoms with E-state index in [1.54, 1.807) is 11.8 Å². The van der Waals surface area contributed by atoms with Crippen LogP contribution in [0.25, 0.3) is 0 Å². The lowest BCUT2D eigenvalue weighted by Gasteiger charge is -2.31. The summed E-state index contributed by atoms with van der Waals surface area (Å²) in [6.45, 7) is 0.942. The Kier molecular flexibility index (Phi) is 5.76. The summed E-state index contributed by atoms with van der Waals surface area (Å²) in [6, 6.07) is 21.6. The molecule has 2 aromatic carbocycles. The Labute approximate surface area is 143 Å². The summed E-state index contributed by atoms with van der Waals surface area (Å²) >= 11 is 1.75. The highest BCUT2D eigenvalue weighted by molar-refractivity contribution is 8.13. The van der Waals surface area contributed by atoms with Crippen LogP contribution in [0.2, 0.25) is 0 Å². The van der Waals surface area contributed by atoms with Crippen LogP contribution in [0.3, 0.4) is 0 Å². The Balaban J connectivity index is 1.87. The van der Waals surface area contributed by atoms with Gasteiger partial charge in [0.05, 0.1) is 5.69 Å². The smallest absolute Gasteiger partial charge is 0.164 e. The van der Waals surface area contributed by atoms with Gasteiger partial charge in [-0.15, -0.1) is 0 Å². The van der Waals surface area contributed by atoms with E-state index in [9.17, 15) is 0 Å². The number of thioether (sulfide) groups is 1. The first-order valence-corrected chi connectivity index (χ1v) is 9.57. The Morgan fingerprint density at radius 2 is 1.61 bits per heavy atom. The highest BCUT2D eigenvalue weighted by Gasteiger charge is 2.25. The summed E-state index contributed by atoms with van der Waals surface area (Å²) in [5, 5.41) is 1.13. The monoisotopic (exact) mass is 324 g/mol. The van der Waals surface area contributed by atoms with E-state index in [1.165, 1.54) is 31.2 Å². The normalized spacial score (nSPS) is 15.8. The fourth-order valence-electron chi connectivity index (χ4n) is 3.19. The average molecular weight is 324 g/mol. The van der Waals surface area contributed by atoms with Gasteiger partial charge in [-0.3, -0.25) is 0 Å². The fourth-order valence-corrected chi connectivity index (χ4v) is 3.83. The number of amidine groups is 1. The molecule has 3 rings (SSSR count). The highest BCUT2D eigenvalue weighted by Crippen LogP contribution is 2.28. The molecule has 23 heavy (non-hydrogen) atoms. The lowest BCUT2D eigenvalue weighted by Crippen LogP contribution is -2.36. The zero-order chi connectivity index (χ0) is 15.9. The summed E-state index contributed by atoms with van der Waals surface area (Å²) in [4.78, 5) is 7.44. The van der Waals surface area contributed by atoms with Crippen LogP contribution in [0.1, 0.15) is 31.2 Å². The summed E-state index contributed by atoms with van der Waals surface area (Å²) in [7, 11) is 0. The van der Waals surface area contributed by atoms with Crippen LogP contribution in [-0.4, -0.2) is 22.4 Å². The van der Waals surface area contributed by atoms with Crippen molar-refractivity contribution in [2.75, 3.05) is 6.26 Å². The number of rotatable bonds is 4. The first kappa shape index (κ1) is 16.1. The number of aliphatic imine (C=N–C) groups is 1. The number of para-hydroxylation sites is 1. The molecule has 0 radical (unpaired) electrons. The Hall–Kier alpha value is -1.74. The molecule has 0 unspecified atom stereocenters. The van der Waals surface area contributed by atoms with Crippen LogP contribution in [0.5, 0.6) is 0 Å². The predicted molar refractivity (Wildman–Crippen MR) is 101 cm³/mol. The van der Waals surface area contributed by atoms with Crippen molar-refractivity contribution in [3.8, 4) is 0 Å². The molecule has 2 nitrogen and oxygen atoms in total. The van der Waals surface area contributed by atoms with Gasteiger partial charge in [0.25, 0.3) is 0 Å². The van der Waals surface area contributed by atoms with Gasteiger partial charge in [0.15, 0.2) is 5.17 Å². The van der Waals surface area contributed by atoms with Crippen molar-refractivity contribution in [2.24, 2.45) is 4.99 Å². The van der Waals surface area contributed by atoms with Crippen LogP contribution in [-0.2, 0) is 6.54 Å². The lowest BCUT2D eigenvalue weighted by molar-refractivity contribution is 0.314. The Bertz CT molecular complexity index is 619. The van der Waals surface area contributed by atoms with Crippen LogP contribution in [0.4, 0.5) is 5.69 Å². The molecule has 0 saturated heterocycles. The van der Waals surface area contributed by atoms with Crippen molar-refractivity contribution in [1.82, 2.24) is 4.90 Å². The average Bonchev–Trinajstić information content (AvgIpc) is 3.14. The molecule has 3 heteroatoms. The molecule has 1 saturated carbocycles. The van der Waals surface area contributed by atoms with Gasteiger partial charge in [-0.25, -0.2) is 4.99 Å². The molecule has 1 aliphatic carbocycles. The van der Waals surface area contributed by atoms with Gasteiger partial charge in [-0.2, -0.15) is 0 Å². The third-order valence-electron chi connectivity index (χ3n) is 4.37. The van der Waals surface area contributed by atoms with Gasteiger partial charge < -0.3 is 4.90 Å². The maximum Gasteiger partial charge on any atom is 0.164 e. The topological polar surface area (TPSA) is 15.6 Å². The third-order valence-corrected chi connectivity index (χ3v) is 5.06. The lowest BCUT2D eigenvalue weighted by atomic mass is 10.1. The highest BCUT2D eigenvalue weighted by atomic mass is 32.2. The van der Waals surface area contributed by atoms with Crippen LogP contribution < -0.4 is 0 Å². The van der Waals surface area contributed by atoms with Gasteiger partial charge in [0.1, 0.15) is 0 Å². The van der Waals surface area contributed by atoms with Gasteiger partial charge in [0.2, 0.25) is 0 Å². The number of nitrogens with zero attached hydrogens (tertiary/aromatic N) is 2. The number of hydrogen-bond donors (Lipinski definition) is 0. The van der Waals surface area contributed by atoms with Crippen molar-refractivity contribution in [3.63, 3.8) is 0 Å². The molecule has 0 spiro atoms. The predicted octanol–water partition coefficient (Wildman–Crippen LogP) is 5.48. The molecule has 1 fully saturated rings. The molecular weight excluding hydrogens is 300 g/mol. The van der Waals surface area contributed by atoms with Crippen molar-refractivity contribution < 1.29 is 0 Å². The van der Waals surface area contributed by atoms with Crippen molar-refractivity contribution in [1.29, 1.82) is 0 Å². The minimum Gasteiger partial charge on any atom is -0.344 e.